The van der Waals surface area contributed by atoms with Crippen molar-refractivity contribution in [1.29, 1.82) is 10.5 Å². The first kappa shape index (κ1) is 22.5. The van der Waals surface area contributed by atoms with Crippen molar-refractivity contribution in [2.75, 3.05) is 13.1 Å². The summed E-state index contributed by atoms with van der Waals surface area (Å²) in [7, 11) is 0. The molecular formula is C18H34N6. The zero-order valence-corrected chi connectivity index (χ0v) is 16.6. The highest BCUT2D eigenvalue weighted by Crippen LogP contribution is 2.28. The van der Waals surface area contributed by atoms with Crippen LogP contribution in [0.15, 0.2) is 10.2 Å². The van der Waals surface area contributed by atoms with E-state index >= 15 is 0 Å². The van der Waals surface area contributed by atoms with Gasteiger partial charge in [-0.15, -0.1) is 0 Å². The molecule has 0 heterocycles. The molecule has 0 radical (unpaired) electrons. The van der Waals surface area contributed by atoms with Crippen LogP contribution in [0.5, 0.6) is 0 Å². The number of nitriles is 2. The molecule has 0 aliphatic carbocycles. The maximum Gasteiger partial charge on any atom is 0.166 e. The van der Waals surface area contributed by atoms with Crippen molar-refractivity contribution in [3.63, 3.8) is 0 Å². The first-order valence-electron chi connectivity index (χ1n) is 8.63. The normalized spacial score (nSPS) is 17.8. The second kappa shape index (κ2) is 8.55. The number of hydrogen-bond acceptors (Lipinski definition) is 6. The minimum absolute atomic E-state index is 0.232. The van der Waals surface area contributed by atoms with E-state index in [2.05, 4.69) is 33.0 Å². The monoisotopic (exact) mass is 334 g/mol. The molecule has 0 rings (SSSR count). The molecule has 0 aliphatic rings. The summed E-state index contributed by atoms with van der Waals surface area (Å²) in [5.74, 6) is 0. The molecule has 0 aliphatic heterocycles. The van der Waals surface area contributed by atoms with Gasteiger partial charge < -0.3 is 10.6 Å². The highest BCUT2D eigenvalue weighted by molar-refractivity contribution is 5.11. The van der Waals surface area contributed by atoms with E-state index in [9.17, 15) is 10.5 Å². The molecule has 0 saturated heterocycles. The molecule has 0 saturated carbocycles. The van der Waals surface area contributed by atoms with Gasteiger partial charge in [-0.05, 0) is 54.6 Å². The fourth-order valence-electron chi connectivity index (χ4n) is 3.22. The number of azo groups is 1. The van der Waals surface area contributed by atoms with Gasteiger partial charge in [0, 0.05) is 23.9 Å². The fourth-order valence-corrected chi connectivity index (χ4v) is 3.22. The molecule has 0 aromatic heterocycles. The Kier molecular flexibility index (Phi) is 8.02. The lowest BCUT2D eigenvalue weighted by atomic mass is 9.86. The summed E-state index contributed by atoms with van der Waals surface area (Å²) in [6.45, 7) is 17.4. The first-order valence-corrected chi connectivity index (χ1v) is 8.63. The number of hydrogen-bond donors (Lipinski definition) is 2. The van der Waals surface area contributed by atoms with Crippen LogP contribution in [0, 0.1) is 22.7 Å². The molecule has 0 spiro atoms. The highest BCUT2D eigenvalue weighted by atomic mass is 15.2. The van der Waals surface area contributed by atoms with Crippen molar-refractivity contribution in [3.8, 4) is 12.1 Å². The molecule has 0 fully saturated rings. The van der Waals surface area contributed by atoms with E-state index in [0.29, 0.717) is 12.8 Å². The van der Waals surface area contributed by atoms with E-state index in [1.54, 1.807) is 13.8 Å². The predicted octanol–water partition coefficient (Wildman–Crippen LogP) is 3.56. The summed E-state index contributed by atoms with van der Waals surface area (Å²) in [5, 5.41) is 34.5. The van der Waals surface area contributed by atoms with Crippen LogP contribution in [0.25, 0.3) is 0 Å². The third kappa shape index (κ3) is 7.86. The standard InChI is InChI=1S/C18H34N6/c1-9-21-15(3,4)11-17(7,13-19)23-24-18(8,14-20)12-16(5,6)22-10-2/h21-22H,9-12H2,1-8H3/b24-23+. The van der Waals surface area contributed by atoms with Gasteiger partial charge in [-0.25, -0.2) is 0 Å². The van der Waals surface area contributed by atoms with Crippen LogP contribution in [-0.2, 0) is 0 Å². The van der Waals surface area contributed by atoms with E-state index in [1.165, 1.54) is 0 Å². The Bertz CT molecular complexity index is 465. The van der Waals surface area contributed by atoms with Crippen LogP contribution in [0.1, 0.15) is 68.2 Å². The van der Waals surface area contributed by atoms with Crippen molar-refractivity contribution >= 4 is 0 Å². The minimum atomic E-state index is -0.966. The molecule has 2 atom stereocenters. The van der Waals surface area contributed by atoms with Crippen molar-refractivity contribution in [1.82, 2.24) is 10.6 Å². The van der Waals surface area contributed by atoms with E-state index in [-0.39, 0.29) is 11.1 Å². The molecule has 0 bridgehead atoms. The smallest absolute Gasteiger partial charge is 0.166 e. The lowest BCUT2D eigenvalue weighted by Crippen LogP contribution is -2.46. The summed E-state index contributed by atoms with van der Waals surface area (Å²) in [5.41, 5.74) is -2.40. The van der Waals surface area contributed by atoms with Gasteiger partial charge in [0.05, 0.1) is 12.1 Å². The molecular weight excluding hydrogens is 300 g/mol. The Morgan fingerprint density at radius 2 is 1.00 bits per heavy atom. The zero-order chi connectivity index (χ0) is 19.1. The van der Waals surface area contributed by atoms with Crippen LogP contribution in [0.3, 0.4) is 0 Å². The van der Waals surface area contributed by atoms with E-state index in [1.807, 2.05) is 41.5 Å². The third-order valence-electron chi connectivity index (χ3n) is 3.86. The second-order valence-electron chi connectivity index (χ2n) is 8.15. The molecule has 6 heteroatoms. The van der Waals surface area contributed by atoms with Gasteiger partial charge >= 0.3 is 0 Å². The van der Waals surface area contributed by atoms with Crippen LogP contribution < -0.4 is 10.6 Å². The largest absolute Gasteiger partial charge is 0.312 e. The Balaban J connectivity index is 5.33. The van der Waals surface area contributed by atoms with E-state index in [4.69, 9.17) is 0 Å². The topological polar surface area (TPSA) is 96.4 Å². The van der Waals surface area contributed by atoms with Gasteiger partial charge in [0.15, 0.2) is 11.1 Å². The Morgan fingerprint density at radius 3 is 1.21 bits per heavy atom. The lowest BCUT2D eigenvalue weighted by Gasteiger charge is -2.33. The van der Waals surface area contributed by atoms with Crippen LogP contribution in [-0.4, -0.2) is 35.2 Å². The summed E-state index contributed by atoms with van der Waals surface area (Å²) < 4.78 is 0. The van der Waals surface area contributed by atoms with Gasteiger partial charge in [-0.2, -0.15) is 20.8 Å². The van der Waals surface area contributed by atoms with Crippen molar-refractivity contribution in [2.24, 2.45) is 10.2 Å². The SMILES string of the molecule is CCNC(C)(C)CC(C)(C#N)/N=N/C(C)(C#N)CC(C)(C)NCC. The Labute approximate surface area is 147 Å². The Morgan fingerprint density at radius 1 is 0.708 bits per heavy atom. The number of nitrogens with zero attached hydrogens (tertiary/aromatic N) is 4. The van der Waals surface area contributed by atoms with Gasteiger partial charge in [0.25, 0.3) is 0 Å². The fraction of sp³-hybridized carbons (Fsp3) is 0.889. The van der Waals surface area contributed by atoms with E-state index < -0.39 is 11.1 Å². The lowest BCUT2D eigenvalue weighted by molar-refractivity contribution is 0.288. The average molecular weight is 335 g/mol. The predicted molar refractivity (Wildman–Crippen MR) is 97.6 cm³/mol. The quantitative estimate of drug-likeness (QED) is 0.597. The molecule has 136 valence electrons. The second-order valence-corrected chi connectivity index (χ2v) is 8.15. The number of nitrogens with one attached hydrogen (secondary N) is 2. The molecule has 2 unspecified atom stereocenters. The summed E-state index contributed by atoms with van der Waals surface area (Å²) >= 11 is 0. The van der Waals surface area contributed by atoms with Gasteiger partial charge in [0.1, 0.15) is 0 Å². The highest BCUT2D eigenvalue weighted by Gasteiger charge is 2.36. The molecule has 24 heavy (non-hydrogen) atoms. The Hall–Kier alpha value is -1.50. The minimum Gasteiger partial charge on any atom is -0.312 e. The molecule has 0 aromatic carbocycles. The van der Waals surface area contributed by atoms with E-state index in [0.717, 1.165) is 13.1 Å². The van der Waals surface area contributed by atoms with Crippen molar-refractivity contribution in [3.05, 3.63) is 0 Å². The summed E-state index contributed by atoms with van der Waals surface area (Å²) in [6.07, 6.45) is 1.04. The first-order chi connectivity index (χ1) is 10.9. The van der Waals surface area contributed by atoms with Gasteiger partial charge in [-0.1, -0.05) is 13.8 Å². The van der Waals surface area contributed by atoms with Crippen molar-refractivity contribution < 1.29 is 0 Å². The molecule has 6 nitrogen and oxygen atoms in total. The summed E-state index contributed by atoms with van der Waals surface area (Å²) in [4.78, 5) is 0. The molecule has 0 amide bonds. The zero-order valence-electron chi connectivity index (χ0n) is 16.6. The van der Waals surface area contributed by atoms with Gasteiger partial charge in [-0.3, -0.25) is 0 Å². The van der Waals surface area contributed by atoms with Gasteiger partial charge in [0.2, 0.25) is 0 Å². The summed E-state index contributed by atoms with van der Waals surface area (Å²) in [6, 6.07) is 4.50. The number of rotatable bonds is 10. The van der Waals surface area contributed by atoms with Crippen molar-refractivity contribution in [2.45, 2.75) is 90.4 Å². The maximum atomic E-state index is 9.58. The molecule has 2 N–H and O–H groups in total. The third-order valence-corrected chi connectivity index (χ3v) is 3.86. The maximum absolute atomic E-state index is 9.58. The average Bonchev–Trinajstić information content (AvgIpc) is 2.44. The van der Waals surface area contributed by atoms with Crippen LogP contribution in [0.2, 0.25) is 0 Å². The molecule has 0 aromatic rings. The van der Waals surface area contributed by atoms with Crippen LogP contribution >= 0.6 is 0 Å². The van der Waals surface area contributed by atoms with Crippen LogP contribution in [0.4, 0.5) is 0 Å².